The van der Waals surface area contributed by atoms with Crippen molar-refractivity contribution >= 4 is 23.5 Å². The summed E-state index contributed by atoms with van der Waals surface area (Å²) in [6.45, 7) is 0. The molecule has 1 aliphatic heterocycles. The number of benzene rings is 1. The third kappa shape index (κ3) is 1.09. The van der Waals surface area contributed by atoms with E-state index in [9.17, 15) is 0 Å². The lowest BCUT2D eigenvalue weighted by Crippen LogP contribution is -2.00. The topological polar surface area (TPSA) is 12.0 Å². The highest BCUT2D eigenvalue weighted by molar-refractivity contribution is 7.99. The highest BCUT2D eigenvalue weighted by atomic mass is 32.2. The average molecular weight is 189 g/mol. The Morgan fingerprint density at radius 3 is 3.31 bits per heavy atom. The van der Waals surface area contributed by atoms with E-state index in [1.165, 1.54) is 34.6 Å². The summed E-state index contributed by atoms with van der Waals surface area (Å²) in [7, 11) is 0. The molecule has 0 atom stereocenters. The van der Waals surface area contributed by atoms with Crippen LogP contribution >= 0.6 is 11.8 Å². The molecule has 3 rings (SSSR count). The van der Waals surface area contributed by atoms with Gasteiger partial charge in [0.15, 0.2) is 0 Å². The Morgan fingerprint density at radius 1 is 1.31 bits per heavy atom. The standard InChI is InChI=1S/C11H11NS/c1-2-4-9-8(3-1)5-6-10-11(9)12-7-13-10/h1,3,5-6,12H,2,4,7H2. The Labute approximate surface area is 82.2 Å². The zero-order chi connectivity index (χ0) is 8.67. The van der Waals surface area contributed by atoms with Crippen molar-refractivity contribution in [2.24, 2.45) is 0 Å². The van der Waals surface area contributed by atoms with Crippen molar-refractivity contribution in [2.75, 3.05) is 11.2 Å². The van der Waals surface area contributed by atoms with Gasteiger partial charge in [0.05, 0.1) is 11.6 Å². The molecule has 1 N–H and O–H groups in total. The van der Waals surface area contributed by atoms with E-state index in [1.807, 2.05) is 11.8 Å². The number of rotatable bonds is 0. The van der Waals surface area contributed by atoms with E-state index in [2.05, 4.69) is 29.6 Å². The molecule has 13 heavy (non-hydrogen) atoms. The number of hydrogen-bond donors (Lipinski definition) is 1. The molecule has 0 fully saturated rings. The Bertz CT molecular complexity index is 382. The highest BCUT2D eigenvalue weighted by Crippen LogP contribution is 2.39. The van der Waals surface area contributed by atoms with E-state index in [1.54, 1.807) is 0 Å². The fraction of sp³-hybridized carbons (Fsp3) is 0.273. The van der Waals surface area contributed by atoms with Crippen molar-refractivity contribution in [2.45, 2.75) is 17.7 Å². The maximum Gasteiger partial charge on any atom is 0.0658 e. The van der Waals surface area contributed by atoms with Gasteiger partial charge in [0.25, 0.3) is 0 Å². The maximum absolute atomic E-state index is 3.46. The van der Waals surface area contributed by atoms with Gasteiger partial charge in [0.2, 0.25) is 0 Å². The van der Waals surface area contributed by atoms with Crippen LogP contribution in [0.3, 0.4) is 0 Å². The summed E-state index contributed by atoms with van der Waals surface area (Å²) in [5, 5.41) is 3.46. The fourth-order valence-electron chi connectivity index (χ4n) is 2.01. The predicted octanol–water partition coefficient (Wildman–Crippen LogP) is 3.12. The Hall–Kier alpha value is -0.890. The Morgan fingerprint density at radius 2 is 2.31 bits per heavy atom. The van der Waals surface area contributed by atoms with Gasteiger partial charge in [-0.2, -0.15) is 0 Å². The van der Waals surface area contributed by atoms with Gasteiger partial charge in [-0.3, -0.25) is 0 Å². The van der Waals surface area contributed by atoms with Gasteiger partial charge in [-0.05, 0) is 30.0 Å². The molecule has 1 nitrogen and oxygen atoms in total. The van der Waals surface area contributed by atoms with E-state index >= 15 is 0 Å². The van der Waals surface area contributed by atoms with Crippen LogP contribution in [0, 0.1) is 0 Å². The number of hydrogen-bond acceptors (Lipinski definition) is 2. The first-order valence-corrected chi connectivity index (χ1v) is 5.63. The van der Waals surface area contributed by atoms with E-state index in [0.29, 0.717) is 0 Å². The Balaban J connectivity index is 2.23. The van der Waals surface area contributed by atoms with Crippen molar-refractivity contribution in [1.82, 2.24) is 0 Å². The largest absolute Gasteiger partial charge is 0.375 e. The van der Waals surface area contributed by atoms with Crippen molar-refractivity contribution < 1.29 is 0 Å². The SMILES string of the molecule is C1=Cc2ccc3c(c2CC1)NCS3. The van der Waals surface area contributed by atoms with Gasteiger partial charge in [0, 0.05) is 4.90 Å². The minimum atomic E-state index is 1.04. The quantitative estimate of drug-likeness (QED) is 0.673. The number of thioether (sulfide) groups is 1. The molecule has 0 saturated heterocycles. The van der Waals surface area contributed by atoms with Crippen molar-refractivity contribution in [3.05, 3.63) is 29.3 Å². The molecule has 1 heterocycles. The first-order valence-electron chi connectivity index (χ1n) is 4.64. The zero-order valence-corrected chi connectivity index (χ0v) is 8.16. The second kappa shape index (κ2) is 2.81. The molecule has 1 aromatic rings. The van der Waals surface area contributed by atoms with Gasteiger partial charge in [0.1, 0.15) is 0 Å². The molecule has 0 spiro atoms. The summed E-state index contributed by atoms with van der Waals surface area (Å²) in [6.07, 6.45) is 6.89. The van der Waals surface area contributed by atoms with Crippen LogP contribution < -0.4 is 5.32 Å². The molecule has 0 saturated carbocycles. The lowest BCUT2D eigenvalue weighted by Gasteiger charge is -2.14. The van der Waals surface area contributed by atoms with Crippen molar-refractivity contribution in [3.8, 4) is 0 Å². The number of anilines is 1. The van der Waals surface area contributed by atoms with E-state index < -0.39 is 0 Å². The van der Waals surface area contributed by atoms with Crippen molar-refractivity contribution in [1.29, 1.82) is 0 Å². The zero-order valence-electron chi connectivity index (χ0n) is 7.34. The molecule has 1 aromatic carbocycles. The smallest absolute Gasteiger partial charge is 0.0658 e. The first kappa shape index (κ1) is 7.51. The average Bonchev–Trinajstić information content (AvgIpc) is 2.65. The van der Waals surface area contributed by atoms with Gasteiger partial charge in [-0.25, -0.2) is 0 Å². The van der Waals surface area contributed by atoms with Crippen LogP contribution in [0.1, 0.15) is 17.5 Å². The monoisotopic (exact) mass is 189 g/mol. The van der Waals surface area contributed by atoms with Crippen LogP contribution in [0.15, 0.2) is 23.1 Å². The van der Waals surface area contributed by atoms with Gasteiger partial charge < -0.3 is 5.32 Å². The molecular weight excluding hydrogens is 178 g/mol. The van der Waals surface area contributed by atoms with Gasteiger partial charge >= 0.3 is 0 Å². The summed E-state index contributed by atoms with van der Waals surface area (Å²) in [4.78, 5) is 1.43. The van der Waals surface area contributed by atoms with Crippen LogP contribution in [-0.2, 0) is 6.42 Å². The summed E-state index contributed by atoms with van der Waals surface area (Å²) in [5.74, 6) is 1.04. The number of allylic oxidation sites excluding steroid dienone is 1. The summed E-state index contributed by atoms with van der Waals surface area (Å²) in [5.41, 5.74) is 4.32. The normalized spacial score (nSPS) is 17.8. The first-order chi connectivity index (χ1) is 6.45. The lowest BCUT2D eigenvalue weighted by molar-refractivity contribution is 0.981. The molecular formula is C11H11NS. The van der Waals surface area contributed by atoms with Crippen LogP contribution in [0.25, 0.3) is 6.08 Å². The van der Waals surface area contributed by atoms with Gasteiger partial charge in [-0.1, -0.05) is 18.2 Å². The molecule has 0 bridgehead atoms. The molecule has 66 valence electrons. The molecule has 0 amide bonds. The van der Waals surface area contributed by atoms with E-state index in [-0.39, 0.29) is 0 Å². The van der Waals surface area contributed by atoms with Crippen LogP contribution in [0.4, 0.5) is 5.69 Å². The molecule has 0 aromatic heterocycles. The second-order valence-corrected chi connectivity index (χ2v) is 4.43. The summed E-state index contributed by atoms with van der Waals surface area (Å²) >= 11 is 1.91. The minimum absolute atomic E-state index is 1.04. The fourth-order valence-corrected chi connectivity index (χ4v) is 2.88. The third-order valence-corrected chi connectivity index (χ3v) is 3.59. The van der Waals surface area contributed by atoms with E-state index in [4.69, 9.17) is 0 Å². The van der Waals surface area contributed by atoms with Crippen LogP contribution in [0.5, 0.6) is 0 Å². The van der Waals surface area contributed by atoms with Crippen LogP contribution in [-0.4, -0.2) is 5.88 Å². The second-order valence-electron chi connectivity index (χ2n) is 3.41. The highest BCUT2D eigenvalue weighted by Gasteiger charge is 2.17. The summed E-state index contributed by atoms with van der Waals surface area (Å²) < 4.78 is 0. The third-order valence-electron chi connectivity index (χ3n) is 2.65. The molecule has 0 radical (unpaired) electrons. The van der Waals surface area contributed by atoms with E-state index in [0.717, 1.165) is 5.88 Å². The van der Waals surface area contributed by atoms with Crippen molar-refractivity contribution in [3.63, 3.8) is 0 Å². The summed E-state index contributed by atoms with van der Waals surface area (Å²) in [6, 6.07) is 4.47. The Kier molecular flexibility index (Phi) is 1.62. The predicted molar refractivity (Wildman–Crippen MR) is 58.1 cm³/mol. The lowest BCUT2D eigenvalue weighted by atomic mass is 9.96. The molecule has 1 aliphatic carbocycles. The number of nitrogens with one attached hydrogen (secondary N) is 1. The van der Waals surface area contributed by atoms with Crippen LogP contribution in [0.2, 0.25) is 0 Å². The number of fused-ring (bicyclic) bond motifs is 3. The molecule has 2 aliphatic rings. The maximum atomic E-state index is 3.46. The minimum Gasteiger partial charge on any atom is -0.375 e. The molecule has 2 heteroatoms. The van der Waals surface area contributed by atoms with Gasteiger partial charge in [-0.15, -0.1) is 11.8 Å². The molecule has 0 unspecified atom stereocenters.